The standard InChI is InChI=1S/C15H17NO4/c1-9(17)16(10(2)18)15(20)13-7-11-5-3-4-6-12(11)8-14(13)19/h3-10,17-19H,1-2H3. The lowest BCUT2D eigenvalue weighted by molar-refractivity contribution is -0.0609. The fourth-order valence-electron chi connectivity index (χ4n) is 2.19. The van der Waals surface area contributed by atoms with Gasteiger partial charge in [-0.25, -0.2) is 0 Å². The Bertz CT molecular complexity index is 629. The fraction of sp³-hybridized carbons (Fsp3) is 0.267. The van der Waals surface area contributed by atoms with Crippen LogP contribution in [0.15, 0.2) is 36.4 Å². The maximum absolute atomic E-state index is 12.3. The second kappa shape index (κ2) is 5.48. The molecular weight excluding hydrogens is 258 g/mol. The quantitative estimate of drug-likeness (QED) is 0.744. The highest BCUT2D eigenvalue weighted by molar-refractivity contribution is 6.01. The van der Waals surface area contributed by atoms with Gasteiger partial charge in [0, 0.05) is 0 Å². The van der Waals surface area contributed by atoms with Crippen LogP contribution in [0.4, 0.5) is 0 Å². The maximum Gasteiger partial charge on any atom is 0.261 e. The van der Waals surface area contributed by atoms with E-state index in [-0.39, 0.29) is 11.3 Å². The molecule has 0 aliphatic carbocycles. The molecule has 0 aliphatic heterocycles. The van der Waals surface area contributed by atoms with E-state index < -0.39 is 18.4 Å². The Balaban J connectivity index is 2.51. The summed E-state index contributed by atoms with van der Waals surface area (Å²) in [6, 6.07) is 10.3. The third-order valence-corrected chi connectivity index (χ3v) is 3.13. The Morgan fingerprint density at radius 2 is 1.55 bits per heavy atom. The molecule has 1 amide bonds. The van der Waals surface area contributed by atoms with Gasteiger partial charge in [-0.1, -0.05) is 24.3 Å². The summed E-state index contributed by atoms with van der Waals surface area (Å²) in [5, 5.41) is 30.7. The number of phenolic OH excluding ortho intramolecular Hbond substituents is 1. The van der Waals surface area contributed by atoms with Crippen molar-refractivity contribution in [2.45, 2.75) is 26.3 Å². The first kappa shape index (κ1) is 14.3. The van der Waals surface area contributed by atoms with E-state index in [2.05, 4.69) is 0 Å². The highest BCUT2D eigenvalue weighted by Crippen LogP contribution is 2.26. The number of phenols is 1. The van der Waals surface area contributed by atoms with Crippen molar-refractivity contribution in [2.24, 2.45) is 0 Å². The van der Waals surface area contributed by atoms with Crippen LogP contribution in [0.25, 0.3) is 10.8 Å². The lowest BCUT2D eigenvalue weighted by Gasteiger charge is -2.28. The van der Waals surface area contributed by atoms with Gasteiger partial charge in [0.25, 0.3) is 5.91 Å². The van der Waals surface area contributed by atoms with Crippen molar-refractivity contribution in [3.63, 3.8) is 0 Å². The van der Waals surface area contributed by atoms with Crippen LogP contribution in [0.2, 0.25) is 0 Å². The first-order chi connectivity index (χ1) is 9.41. The van der Waals surface area contributed by atoms with E-state index in [1.165, 1.54) is 19.9 Å². The first-order valence-electron chi connectivity index (χ1n) is 6.32. The predicted molar refractivity (Wildman–Crippen MR) is 75.1 cm³/mol. The summed E-state index contributed by atoms with van der Waals surface area (Å²) >= 11 is 0. The van der Waals surface area contributed by atoms with Crippen LogP contribution in [0.3, 0.4) is 0 Å². The zero-order valence-electron chi connectivity index (χ0n) is 11.3. The van der Waals surface area contributed by atoms with Gasteiger partial charge in [0.1, 0.15) is 18.2 Å². The number of aliphatic hydroxyl groups is 2. The molecule has 0 aliphatic rings. The van der Waals surface area contributed by atoms with Gasteiger partial charge in [0.05, 0.1) is 5.56 Å². The zero-order valence-corrected chi connectivity index (χ0v) is 11.3. The molecule has 3 N–H and O–H groups in total. The van der Waals surface area contributed by atoms with Crippen molar-refractivity contribution in [3.05, 3.63) is 42.0 Å². The monoisotopic (exact) mass is 275 g/mol. The molecule has 2 atom stereocenters. The van der Waals surface area contributed by atoms with Crippen LogP contribution >= 0.6 is 0 Å². The number of benzene rings is 2. The van der Waals surface area contributed by atoms with Crippen molar-refractivity contribution < 1.29 is 20.1 Å². The average Bonchev–Trinajstić information content (AvgIpc) is 2.36. The topological polar surface area (TPSA) is 81.0 Å². The van der Waals surface area contributed by atoms with Gasteiger partial charge in [-0.2, -0.15) is 0 Å². The average molecular weight is 275 g/mol. The normalized spacial score (nSPS) is 14.0. The molecule has 2 unspecified atom stereocenters. The molecule has 0 radical (unpaired) electrons. The van der Waals surface area contributed by atoms with Gasteiger partial charge in [0.15, 0.2) is 0 Å². The largest absolute Gasteiger partial charge is 0.507 e. The second-order valence-corrected chi connectivity index (χ2v) is 4.69. The number of amides is 1. The van der Waals surface area contributed by atoms with Crippen molar-refractivity contribution in [1.29, 1.82) is 0 Å². The summed E-state index contributed by atoms with van der Waals surface area (Å²) in [7, 11) is 0. The Morgan fingerprint density at radius 3 is 2.05 bits per heavy atom. The summed E-state index contributed by atoms with van der Waals surface area (Å²) in [6.45, 7) is 2.76. The summed E-state index contributed by atoms with van der Waals surface area (Å²) in [5.74, 6) is -0.807. The fourth-order valence-corrected chi connectivity index (χ4v) is 2.19. The third-order valence-electron chi connectivity index (χ3n) is 3.13. The Hall–Kier alpha value is -2.11. The van der Waals surface area contributed by atoms with Crippen molar-refractivity contribution in [3.8, 4) is 5.75 Å². The highest BCUT2D eigenvalue weighted by Gasteiger charge is 2.26. The molecular formula is C15H17NO4. The van der Waals surface area contributed by atoms with Crippen molar-refractivity contribution >= 4 is 16.7 Å². The molecule has 0 aromatic heterocycles. The van der Waals surface area contributed by atoms with Gasteiger partial charge in [0.2, 0.25) is 0 Å². The van der Waals surface area contributed by atoms with Crippen molar-refractivity contribution in [1.82, 2.24) is 4.90 Å². The molecule has 20 heavy (non-hydrogen) atoms. The Labute approximate surface area is 116 Å². The van der Waals surface area contributed by atoms with Crippen LogP contribution < -0.4 is 0 Å². The highest BCUT2D eigenvalue weighted by atomic mass is 16.3. The van der Waals surface area contributed by atoms with Crippen LogP contribution in [0.5, 0.6) is 5.75 Å². The molecule has 0 heterocycles. The van der Waals surface area contributed by atoms with E-state index in [1.807, 2.05) is 24.3 Å². The molecule has 5 heteroatoms. The zero-order chi connectivity index (χ0) is 14.9. The van der Waals surface area contributed by atoms with E-state index >= 15 is 0 Å². The number of carbonyl (C=O) groups excluding carboxylic acids is 1. The van der Waals surface area contributed by atoms with E-state index in [0.29, 0.717) is 0 Å². The molecule has 5 nitrogen and oxygen atoms in total. The molecule has 106 valence electrons. The van der Waals surface area contributed by atoms with Crippen LogP contribution in [0, 0.1) is 0 Å². The number of aliphatic hydroxyl groups excluding tert-OH is 2. The SMILES string of the molecule is CC(O)N(C(=O)c1cc2ccccc2cc1O)C(C)O. The van der Waals surface area contributed by atoms with Crippen LogP contribution in [-0.2, 0) is 0 Å². The summed E-state index contributed by atoms with van der Waals surface area (Å²) < 4.78 is 0. The van der Waals surface area contributed by atoms with E-state index in [1.54, 1.807) is 6.07 Å². The minimum Gasteiger partial charge on any atom is -0.507 e. The van der Waals surface area contributed by atoms with Gasteiger partial charge in [-0.15, -0.1) is 0 Å². The number of fused-ring (bicyclic) bond motifs is 1. The van der Waals surface area contributed by atoms with E-state index in [4.69, 9.17) is 0 Å². The lowest BCUT2D eigenvalue weighted by atomic mass is 10.0. The molecule has 0 spiro atoms. The summed E-state index contributed by atoms with van der Waals surface area (Å²) in [6.07, 6.45) is -2.32. The van der Waals surface area contributed by atoms with Crippen molar-refractivity contribution in [2.75, 3.05) is 0 Å². The number of hydrogen-bond acceptors (Lipinski definition) is 4. The molecule has 2 aromatic carbocycles. The predicted octanol–water partition coefficient (Wildman–Crippen LogP) is 1.66. The number of nitrogens with zero attached hydrogens (tertiary/aromatic N) is 1. The molecule has 0 saturated heterocycles. The summed E-state index contributed by atoms with van der Waals surface area (Å²) in [5.41, 5.74) is 0.0468. The third kappa shape index (κ3) is 2.59. The Kier molecular flexibility index (Phi) is 3.92. The smallest absolute Gasteiger partial charge is 0.261 e. The maximum atomic E-state index is 12.3. The lowest BCUT2D eigenvalue weighted by Crippen LogP contribution is -2.44. The van der Waals surface area contributed by atoms with Gasteiger partial charge < -0.3 is 15.3 Å². The molecule has 0 bridgehead atoms. The van der Waals surface area contributed by atoms with Crippen LogP contribution in [0.1, 0.15) is 24.2 Å². The molecule has 2 rings (SSSR count). The van der Waals surface area contributed by atoms with E-state index in [0.717, 1.165) is 15.7 Å². The minimum atomic E-state index is -1.16. The van der Waals surface area contributed by atoms with E-state index in [9.17, 15) is 20.1 Å². The number of hydrogen-bond donors (Lipinski definition) is 3. The van der Waals surface area contributed by atoms with Gasteiger partial charge >= 0.3 is 0 Å². The minimum absolute atomic E-state index is 0.0468. The number of carbonyl (C=O) groups is 1. The molecule has 0 fully saturated rings. The van der Waals surface area contributed by atoms with Gasteiger partial charge in [-0.3, -0.25) is 9.69 Å². The first-order valence-corrected chi connectivity index (χ1v) is 6.32. The molecule has 2 aromatic rings. The molecule has 0 saturated carbocycles. The van der Waals surface area contributed by atoms with Gasteiger partial charge in [-0.05, 0) is 36.8 Å². The van der Waals surface area contributed by atoms with Crippen LogP contribution in [-0.4, -0.2) is 38.6 Å². The second-order valence-electron chi connectivity index (χ2n) is 4.69. The number of aromatic hydroxyl groups is 1. The summed E-state index contributed by atoms with van der Waals surface area (Å²) in [4.78, 5) is 13.2. The number of rotatable bonds is 3. The Morgan fingerprint density at radius 1 is 1.05 bits per heavy atom.